The van der Waals surface area contributed by atoms with E-state index in [1.54, 1.807) is 54.6 Å². The lowest BCUT2D eigenvalue weighted by atomic mass is 10.0. The summed E-state index contributed by atoms with van der Waals surface area (Å²) >= 11 is 0. The van der Waals surface area contributed by atoms with E-state index in [1.165, 1.54) is 17.7 Å². The molecule has 0 aromatic heterocycles. The lowest BCUT2D eigenvalue weighted by molar-refractivity contribution is -0.128. The molecule has 0 bridgehead atoms. The fraction of sp³-hybridized carbons (Fsp3) is 0.111. The van der Waals surface area contributed by atoms with Crippen molar-refractivity contribution >= 4 is 23.7 Å². The number of nitriles is 1. The number of benzene rings is 3. The van der Waals surface area contributed by atoms with Gasteiger partial charge in [-0.15, -0.1) is 0 Å². The molecule has 154 valence electrons. The van der Waals surface area contributed by atoms with Crippen LogP contribution in [0.15, 0.2) is 78.9 Å². The fourth-order valence-electron chi connectivity index (χ4n) is 2.96. The minimum absolute atomic E-state index is 0.217. The number of nitrogens with zero attached hydrogens (tertiary/aromatic N) is 1. The third kappa shape index (κ3) is 6.01. The van der Waals surface area contributed by atoms with Gasteiger partial charge in [-0.1, -0.05) is 68.4 Å². The minimum Gasteiger partial charge on any atom is -0.423 e. The molecule has 0 aliphatic rings. The van der Waals surface area contributed by atoms with Gasteiger partial charge in [0.05, 0.1) is 11.6 Å². The summed E-state index contributed by atoms with van der Waals surface area (Å²) in [6.45, 7) is 4.26. The van der Waals surface area contributed by atoms with Crippen molar-refractivity contribution in [3.05, 3.63) is 107 Å². The quantitative estimate of drug-likeness (QED) is 0.150. The largest absolute Gasteiger partial charge is 0.423 e. The number of rotatable bonds is 6. The molecule has 0 heterocycles. The summed E-state index contributed by atoms with van der Waals surface area (Å²) in [7, 11) is 0. The van der Waals surface area contributed by atoms with Crippen LogP contribution in [0.1, 0.15) is 42.0 Å². The number of halogens is 1. The second kappa shape index (κ2) is 10.2. The molecule has 0 aliphatic heterocycles. The van der Waals surface area contributed by atoms with Crippen LogP contribution in [0.25, 0.3) is 17.7 Å². The third-order valence-corrected chi connectivity index (χ3v) is 4.71. The van der Waals surface area contributed by atoms with Gasteiger partial charge in [-0.05, 0) is 53.0 Å². The zero-order valence-electron chi connectivity index (χ0n) is 17.4. The molecule has 0 atom stereocenters. The smallest absolute Gasteiger partial charge is 0.336 e. The van der Waals surface area contributed by atoms with Crippen LogP contribution in [-0.4, -0.2) is 5.97 Å². The van der Waals surface area contributed by atoms with E-state index in [1.807, 2.05) is 30.3 Å². The first kappa shape index (κ1) is 21.7. The first-order valence-electron chi connectivity index (χ1n) is 9.93. The van der Waals surface area contributed by atoms with Gasteiger partial charge in [-0.3, -0.25) is 0 Å². The number of carbonyl (C=O) groups excluding carboxylic acids is 1. The normalized spacial score (nSPS) is 11.5. The highest BCUT2D eigenvalue weighted by Crippen LogP contribution is 2.22. The Hall–Kier alpha value is -3.97. The van der Waals surface area contributed by atoms with Gasteiger partial charge >= 0.3 is 5.97 Å². The zero-order chi connectivity index (χ0) is 22.2. The van der Waals surface area contributed by atoms with Crippen molar-refractivity contribution in [1.82, 2.24) is 0 Å². The maximum Gasteiger partial charge on any atom is 0.336 e. The molecule has 0 fully saturated rings. The van der Waals surface area contributed by atoms with Crippen LogP contribution in [-0.2, 0) is 4.79 Å². The van der Waals surface area contributed by atoms with Crippen molar-refractivity contribution in [3.63, 3.8) is 0 Å². The van der Waals surface area contributed by atoms with Gasteiger partial charge in [0, 0.05) is 11.6 Å². The van der Waals surface area contributed by atoms with E-state index < -0.39 is 11.8 Å². The van der Waals surface area contributed by atoms with Gasteiger partial charge in [-0.2, -0.15) is 5.26 Å². The summed E-state index contributed by atoms with van der Waals surface area (Å²) in [5.74, 6) is -0.102. The summed E-state index contributed by atoms with van der Waals surface area (Å²) in [5.41, 5.74) is 3.31. The second-order valence-electron chi connectivity index (χ2n) is 7.29. The average molecular weight is 411 g/mol. The Balaban J connectivity index is 1.65. The van der Waals surface area contributed by atoms with Crippen LogP contribution in [0.3, 0.4) is 0 Å². The Bertz CT molecular complexity index is 1150. The number of carbonyl (C=O) groups is 1. The molecule has 3 aromatic rings. The molecular formula is C27H22FNO2. The number of hydrogen-bond acceptors (Lipinski definition) is 3. The predicted octanol–water partition coefficient (Wildman–Crippen LogP) is 6.63. The van der Waals surface area contributed by atoms with Gasteiger partial charge in [-0.25, -0.2) is 9.18 Å². The van der Waals surface area contributed by atoms with Gasteiger partial charge < -0.3 is 4.74 Å². The van der Waals surface area contributed by atoms with E-state index in [0.29, 0.717) is 17.2 Å². The molecule has 0 saturated heterocycles. The molecule has 3 nitrogen and oxygen atoms in total. The molecule has 0 spiro atoms. The van der Waals surface area contributed by atoms with E-state index in [-0.39, 0.29) is 11.1 Å². The molecule has 4 heteroatoms. The molecule has 0 saturated carbocycles. The monoisotopic (exact) mass is 411 g/mol. The first-order valence-corrected chi connectivity index (χ1v) is 9.93. The van der Waals surface area contributed by atoms with Crippen molar-refractivity contribution in [2.75, 3.05) is 0 Å². The summed E-state index contributed by atoms with van der Waals surface area (Å²) in [6.07, 6.45) is 4.67. The summed E-state index contributed by atoms with van der Waals surface area (Å²) in [6, 6.07) is 22.8. The third-order valence-electron chi connectivity index (χ3n) is 4.71. The van der Waals surface area contributed by atoms with E-state index in [2.05, 4.69) is 13.8 Å². The van der Waals surface area contributed by atoms with E-state index in [4.69, 9.17) is 4.74 Å². The highest BCUT2D eigenvalue weighted by atomic mass is 19.1. The SMILES string of the molecule is CC(C)c1ccc(/C=C/C(=O)Oc2ccc(/C=C(/C#N)c3ccccc3F)cc2)cc1. The van der Waals surface area contributed by atoms with Crippen LogP contribution in [0.4, 0.5) is 4.39 Å². The van der Waals surface area contributed by atoms with Crippen molar-refractivity contribution in [2.24, 2.45) is 0 Å². The van der Waals surface area contributed by atoms with Crippen LogP contribution in [0.2, 0.25) is 0 Å². The molecule has 0 radical (unpaired) electrons. The molecule has 0 amide bonds. The molecule has 0 N–H and O–H groups in total. The van der Waals surface area contributed by atoms with Crippen LogP contribution in [0.5, 0.6) is 5.75 Å². The molecular weight excluding hydrogens is 389 g/mol. The maximum atomic E-state index is 13.9. The van der Waals surface area contributed by atoms with Crippen LogP contribution < -0.4 is 4.74 Å². The lowest BCUT2D eigenvalue weighted by Gasteiger charge is -2.05. The Morgan fingerprint density at radius 2 is 1.61 bits per heavy atom. The molecule has 31 heavy (non-hydrogen) atoms. The topological polar surface area (TPSA) is 50.1 Å². The van der Waals surface area contributed by atoms with E-state index in [9.17, 15) is 14.4 Å². The zero-order valence-corrected chi connectivity index (χ0v) is 17.4. The minimum atomic E-state index is -0.486. The van der Waals surface area contributed by atoms with E-state index in [0.717, 1.165) is 5.56 Å². The van der Waals surface area contributed by atoms with Crippen LogP contribution in [0, 0.1) is 17.1 Å². The average Bonchev–Trinajstić information content (AvgIpc) is 2.78. The van der Waals surface area contributed by atoms with Gasteiger partial charge in [0.25, 0.3) is 0 Å². The Morgan fingerprint density at radius 1 is 0.968 bits per heavy atom. The maximum absolute atomic E-state index is 13.9. The summed E-state index contributed by atoms with van der Waals surface area (Å²) in [4.78, 5) is 12.1. The van der Waals surface area contributed by atoms with Crippen LogP contribution >= 0.6 is 0 Å². The van der Waals surface area contributed by atoms with Crippen molar-refractivity contribution in [2.45, 2.75) is 19.8 Å². The lowest BCUT2D eigenvalue weighted by Crippen LogP contribution is -2.03. The van der Waals surface area contributed by atoms with E-state index >= 15 is 0 Å². The van der Waals surface area contributed by atoms with Gasteiger partial charge in [0.2, 0.25) is 0 Å². The van der Waals surface area contributed by atoms with Gasteiger partial charge in [0.1, 0.15) is 11.6 Å². The number of esters is 1. The van der Waals surface area contributed by atoms with Gasteiger partial charge in [0.15, 0.2) is 0 Å². The highest BCUT2D eigenvalue weighted by Gasteiger charge is 2.07. The molecule has 0 aliphatic carbocycles. The Kier molecular flexibility index (Phi) is 7.13. The van der Waals surface area contributed by atoms with Crippen molar-refractivity contribution in [1.29, 1.82) is 5.26 Å². The number of allylic oxidation sites excluding steroid dienone is 1. The number of hydrogen-bond donors (Lipinski definition) is 0. The van der Waals surface area contributed by atoms with Crippen molar-refractivity contribution < 1.29 is 13.9 Å². The Labute approximate surface area is 181 Å². The molecule has 0 unspecified atom stereocenters. The predicted molar refractivity (Wildman–Crippen MR) is 122 cm³/mol. The fourth-order valence-corrected chi connectivity index (χ4v) is 2.96. The standard InChI is InChI=1S/C27H22FNO2/c1-19(2)22-12-7-20(8-13-22)11-16-27(30)31-24-14-9-21(10-15-24)17-23(18-29)25-5-3-4-6-26(25)28/h3-17,19H,1-2H3/b16-11+,23-17-. The second-order valence-corrected chi connectivity index (χ2v) is 7.29. The summed E-state index contributed by atoms with van der Waals surface area (Å²) < 4.78 is 19.2. The number of ether oxygens (including phenoxy) is 1. The molecule has 3 aromatic carbocycles. The Morgan fingerprint density at radius 3 is 2.23 bits per heavy atom. The first-order chi connectivity index (χ1) is 15.0. The molecule has 3 rings (SSSR count). The summed E-state index contributed by atoms with van der Waals surface area (Å²) in [5, 5.41) is 9.37. The highest BCUT2D eigenvalue weighted by molar-refractivity contribution is 5.90. The van der Waals surface area contributed by atoms with Crippen molar-refractivity contribution in [3.8, 4) is 11.8 Å².